The van der Waals surface area contributed by atoms with E-state index in [1.54, 1.807) is 27.0 Å². The van der Waals surface area contributed by atoms with E-state index in [0.29, 0.717) is 11.4 Å². The van der Waals surface area contributed by atoms with Crippen molar-refractivity contribution in [3.8, 4) is 0 Å². The molecule has 0 saturated heterocycles. The van der Waals surface area contributed by atoms with Crippen LogP contribution in [0.3, 0.4) is 0 Å². The first-order valence-electron chi connectivity index (χ1n) is 4.63. The van der Waals surface area contributed by atoms with Gasteiger partial charge in [0.1, 0.15) is 0 Å². The summed E-state index contributed by atoms with van der Waals surface area (Å²) < 4.78 is 1.77. The second kappa shape index (κ2) is 5.16. The van der Waals surface area contributed by atoms with Crippen molar-refractivity contribution >= 4 is 49.1 Å². The second-order valence-electron chi connectivity index (χ2n) is 4.21. The highest BCUT2D eigenvalue weighted by molar-refractivity contribution is 9.13. The molecule has 1 aromatic heterocycles. The fourth-order valence-corrected chi connectivity index (χ4v) is 3.32. The summed E-state index contributed by atoms with van der Waals surface area (Å²) >= 11 is 8.06. The van der Waals surface area contributed by atoms with E-state index in [-0.39, 0.29) is 5.91 Å². The van der Waals surface area contributed by atoms with Crippen LogP contribution < -0.4 is 0 Å². The number of aliphatic hydroxyl groups is 1. The summed E-state index contributed by atoms with van der Waals surface area (Å²) in [4.78, 5) is 14.1. The Labute approximate surface area is 116 Å². The normalized spacial score (nSPS) is 11.6. The molecule has 0 unspecified atom stereocenters. The van der Waals surface area contributed by atoms with Crippen molar-refractivity contribution in [1.82, 2.24) is 4.90 Å². The van der Waals surface area contributed by atoms with Gasteiger partial charge in [0.25, 0.3) is 5.91 Å². The molecule has 1 heterocycles. The fraction of sp³-hybridized carbons (Fsp3) is 0.500. The SMILES string of the molecule is CN(CC(C)(C)O)C(=O)c1cc(Br)c(Br)s1. The Balaban J connectivity index is 2.78. The van der Waals surface area contributed by atoms with E-state index in [1.807, 2.05) is 0 Å². The lowest BCUT2D eigenvalue weighted by Gasteiger charge is -2.25. The van der Waals surface area contributed by atoms with Crippen molar-refractivity contribution in [1.29, 1.82) is 0 Å². The number of likely N-dealkylation sites (N-methyl/N-ethyl adjacent to an activating group) is 1. The van der Waals surface area contributed by atoms with E-state index in [1.165, 1.54) is 16.2 Å². The minimum atomic E-state index is -0.879. The van der Waals surface area contributed by atoms with Crippen molar-refractivity contribution < 1.29 is 9.90 Å². The van der Waals surface area contributed by atoms with Gasteiger partial charge >= 0.3 is 0 Å². The van der Waals surface area contributed by atoms with Crippen LogP contribution in [0.2, 0.25) is 0 Å². The third-order valence-corrected chi connectivity index (χ3v) is 5.07. The average molecular weight is 371 g/mol. The van der Waals surface area contributed by atoms with Crippen LogP contribution in [0.5, 0.6) is 0 Å². The second-order valence-corrected chi connectivity index (χ2v) is 7.43. The average Bonchev–Trinajstić information content (AvgIpc) is 2.43. The molecule has 90 valence electrons. The molecule has 0 saturated carbocycles. The molecule has 0 bridgehead atoms. The molecule has 1 N–H and O–H groups in total. The lowest BCUT2D eigenvalue weighted by molar-refractivity contribution is 0.0370. The van der Waals surface area contributed by atoms with Gasteiger partial charge in [0.15, 0.2) is 0 Å². The minimum Gasteiger partial charge on any atom is -0.389 e. The molecule has 3 nitrogen and oxygen atoms in total. The van der Waals surface area contributed by atoms with Crippen molar-refractivity contribution in [2.24, 2.45) is 0 Å². The van der Waals surface area contributed by atoms with Crippen molar-refractivity contribution in [3.63, 3.8) is 0 Å². The molecule has 0 aliphatic rings. The highest BCUT2D eigenvalue weighted by atomic mass is 79.9. The van der Waals surface area contributed by atoms with E-state index in [9.17, 15) is 9.90 Å². The quantitative estimate of drug-likeness (QED) is 0.887. The first-order chi connectivity index (χ1) is 7.20. The fourth-order valence-electron chi connectivity index (χ4n) is 1.29. The Bertz CT molecular complexity index is 379. The maximum atomic E-state index is 12.0. The van der Waals surface area contributed by atoms with Crippen LogP contribution in [-0.2, 0) is 0 Å². The van der Waals surface area contributed by atoms with Crippen LogP contribution in [0.15, 0.2) is 14.3 Å². The third-order valence-electron chi connectivity index (χ3n) is 1.83. The van der Waals surface area contributed by atoms with Gasteiger partial charge in [0.05, 0.1) is 14.3 Å². The van der Waals surface area contributed by atoms with E-state index in [0.717, 1.165) is 8.26 Å². The first-order valence-corrected chi connectivity index (χ1v) is 7.03. The number of thiophene rings is 1. The number of amides is 1. The molecule has 1 aromatic rings. The van der Waals surface area contributed by atoms with Crippen molar-refractivity contribution in [2.75, 3.05) is 13.6 Å². The standard InChI is InChI=1S/C10H13Br2NO2S/c1-10(2,15)5-13(3)9(14)7-4-6(11)8(12)16-7/h4,15H,5H2,1-3H3. The molecule has 0 aromatic carbocycles. The predicted octanol–water partition coefficient (Wildman–Crippen LogP) is 3.12. The van der Waals surface area contributed by atoms with Crippen molar-refractivity contribution in [2.45, 2.75) is 19.4 Å². The zero-order chi connectivity index (χ0) is 12.5. The number of carbonyl (C=O) groups excluding carboxylic acids is 1. The van der Waals surface area contributed by atoms with Gasteiger partial charge in [-0.1, -0.05) is 0 Å². The summed E-state index contributed by atoms with van der Waals surface area (Å²) in [5.74, 6) is -0.0847. The monoisotopic (exact) mass is 369 g/mol. The highest BCUT2D eigenvalue weighted by Crippen LogP contribution is 2.32. The summed E-state index contributed by atoms with van der Waals surface area (Å²) in [5.41, 5.74) is -0.879. The topological polar surface area (TPSA) is 40.5 Å². The summed E-state index contributed by atoms with van der Waals surface area (Å²) in [5, 5.41) is 9.63. The molecule has 0 fully saturated rings. The summed E-state index contributed by atoms with van der Waals surface area (Å²) in [7, 11) is 1.68. The maximum Gasteiger partial charge on any atom is 0.263 e. The van der Waals surface area contributed by atoms with E-state index in [2.05, 4.69) is 31.9 Å². The van der Waals surface area contributed by atoms with E-state index in [4.69, 9.17) is 0 Å². The van der Waals surface area contributed by atoms with Crippen molar-refractivity contribution in [3.05, 3.63) is 19.2 Å². The molecule has 0 spiro atoms. The van der Waals surface area contributed by atoms with Crippen LogP contribution in [-0.4, -0.2) is 35.1 Å². The molecule has 6 heteroatoms. The molecule has 1 rings (SSSR count). The summed E-state index contributed by atoms with van der Waals surface area (Å²) in [6, 6.07) is 1.78. The molecule has 0 aliphatic heterocycles. The van der Waals surface area contributed by atoms with Crippen LogP contribution >= 0.6 is 43.2 Å². The van der Waals surface area contributed by atoms with Gasteiger partial charge in [0.2, 0.25) is 0 Å². The molecule has 0 radical (unpaired) electrons. The summed E-state index contributed by atoms with van der Waals surface area (Å²) in [6.07, 6.45) is 0. The van der Waals surface area contributed by atoms with Crippen LogP contribution in [0.1, 0.15) is 23.5 Å². The Hall–Kier alpha value is 0.0900. The maximum absolute atomic E-state index is 12.0. The first kappa shape index (κ1) is 14.2. The van der Waals surface area contributed by atoms with E-state index >= 15 is 0 Å². The molecule has 0 aliphatic carbocycles. The Kier molecular flexibility index (Phi) is 4.57. The smallest absolute Gasteiger partial charge is 0.263 e. The number of halogens is 2. The molecular weight excluding hydrogens is 358 g/mol. The zero-order valence-electron chi connectivity index (χ0n) is 9.25. The van der Waals surface area contributed by atoms with Crippen LogP contribution in [0.25, 0.3) is 0 Å². The number of hydrogen-bond acceptors (Lipinski definition) is 3. The number of nitrogens with zero attached hydrogens (tertiary/aromatic N) is 1. The van der Waals surface area contributed by atoms with Gasteiger partial charge in [-0.15, -0.1) is 11.3 Å². The lowest BCUT2D eigenvalue weighted by atomic mass is 10.1. The summed E-state index contributed by atoms with van der Waals surface area (Å²) in [6.45, 7) is 3.66. The molecule has 0 atom stereocenters. The van der Waals surface area contributed by atoms with Gasteiger partial charge in [-0.25, -0.2) is 0 Å². The highest BCUT2D eigenvalue weighted by Gasteiger charge is 2.22. The molecule has 1 amide bonds. The Morgan fingerprint density at radius 3 is 2.50 bits per heavy atom. The largest absolute Gasteiger partial charge is 0.389 e. The van der Waals surface area contributed by atoms with Gasteiger partial charge < -0.3 is 10.0 Å². The molecular formula is C10H13Br2NO2S. The zero-order valence-corrected chi connectivity index (χ0v) is 13.2. The van der Waals surface area contributed by atoms with Gasteiger partial charge in [-0.2, -0.15) is 0 Å². The molecule has 16 heavy (non-hydrogen) atoms. The number of hydrogen-bond donors (Lipinski definition) is 1. The number of rotatable bonds is 3. The third kappa shape index (κ3) is 3.84. The Morgan fingerprint density at radius 2 is 2.12 bits per heavy atom. The van der Waals surface area contributed by atoms with Gasteiger partial charge in [0, 0.05) is 18.1 Å². The van der Waals surface area contributed by atoms with Crippen LogP contribution in [0.4, 0.5) is 0 Å². The van der Waals surface area contributed by atoms with Crippen LogP contribution in [0, 0.1) is 0 Å². The Morgan fingerprint density at radius 1 is 1.56 bits per heavy atom. The van der Waals surface area contributed by atoms with Gasteiger partial charge in [-0.3, -0.25) is 4.79 Å². The minimum absolute atomic E-state index is 0.0847. The number of carbonyl (C=O) groups is 1. The van der Waals surface area contributed by atoms with Gasteiger partial charge in [-0.05, 0) is 51.8 Å². The predicted molar refractivity (Wildman–Crippen MR) is 73.0 cm³/mol. The lowest BCUT2D eigenvalue weighted by Crippen LogP contribution is -2.39. The van der Waals surface area contributed by atoms with E-state index < -0.39 is 5.60 Å².